The van der Waals surface area contributed by atoms with Gasteiger partial charge in [0.15, 0.2) is 6.10 Å². The Bertz CT molecular complexity index is 584. The average molecular weight is 317 g/mol. The Morgan fingerprint density at radius 1 is 1.30 bits per heavy atom. The van der Waals surface area contributed by atoms with E-state index in [1.54, 1.807) is 11.9 Å². The van der Waals surface area contributed by atoms with Crippen LogP contribution in [0.5, 0.6) is 0 Å². The van der Waals surface area contributed by atoms with E-state index in [-0.39, 0.29) is 18.4 Å². The molecule has 1 atom stereocenters. The molecule has 1 unspecified atom stereocenters. The molecule has 2 aliphatic rings. The summed E-state index contributed by atoms with van der Waals surface area (Å²) in [5.41, 5.74) is 2.07. The summed E-state index contributed by atoms with van der Waals surface area (Å²) >= 11 is 0. The predicted octanol–water partition coefficient (Wildman–Crippen LogP) is 0.191. The number of carbonyl (C=O) groups excluding carboxylic acids is 2. The number of hydrogen-bond donors (Lipinski definition) is 1. The van der Waals surface area contributed by atoms with E-state index >= 15 is 0 Å². The number of ether oxygens (including phenoxy) is 1. The predicted molar refractivity (Wildman–Crippen MR) is 85.9 cm³/mol. The Hall–Kier alpha value is -1.92. The molecule has 2 amide bonds. The summed E-state index contributed by atoms with van der Waals surface area (Å²) < 4.78 is 5.69. The van der Waals surface area contributed by atoms with Crippen molar-refractivity contribution in [3.63, 3.8) is 0 Å². The fraction of sp³-hybridized carbons (Fsp3) is 0.529. The van der Waals surface area contributed by atoms with E-state index in [1.165, 1.54) is 4.90 Å². The number of rotatable bonds is 3. The van der Waals surface area contributed by atoms with E-state index in [9.17, 15) is 9.59 Å². The van der Waals surface area contributed by atoms with Crippen LogP contribution in [0.2, 0.25) is 0 Å². The van der Waals surface area contributed by atoms with Gasteiger partial charge in [0.25, 0.3) is 5.91 Å². The number of benzene rings is 1. The lowest BCUT2D eigenvalue weighted by molar-refractivity contribution is -0.148. The molecule has 2 heterocycles. The fourth-order valence-corrected chi connectivity index (χ4v) is 3.09. The van der Waals surface area contributed by atoms with Crippen LogP contribution in [0.4, 0.5) is 0 Å². The van der Waals surface area contributed by atoms with Gasteiger partial charge in [-0.1, -0.05) is 24.3 Å². The highest BCUT2D eigenvalue weighted by Crippen LogP contribution is 2.28. The topological polar surface area (TPSA) is 61.9 Å². The molecule has 0 aromatic heterocycles. The van der Waals surface area contributed by atoms with Gasteiger partial charge in [-0.05, 0) is 17.5 Å². The lowest BCUT2D eigenvalue weighted by Crippen LogP contribution is -2.50. The normalized spacial score (nSPS) is 20.7. The number of likely N-dealkylation sites (N-methyl/N-ethyl adjacent to an activating group) is 1. The van der Waals surface area contributed by atoms with E-state index < -0.39 is 6.10 Å². The Balaban J connectivity index is 1.65. The van der Waals surface area contributed by atoms with Crippen LogP contribution in [0.3, 0.4) is 0 Å². The van der Waals surface area contributed by atoms with Crippen molar-refractivity contribution in [3.8, 4) is 0 Å². The minimum absolute atomic E-state index is 0.00792. The van der Waals surface area contributed by atoms with Crippen molar-refractivity contribution < 1.29 is 14.3 Å². The number of hydrogen-bond acceptors (Lipinski definition) is 4. The van der Waals surface area contributed by atoms with Gasteiger partial charge in [-0.2, -0.15) is 0 Å². The van der Waals surface area contributed by atoms with Crippen LogP contribution in [0.1, 0.15) is 17.2 Å². The summed E-state index contributed by atoms with van der Waals surface area (Å²) in [6.45, 7) is 3.64. The zero-order chi connectivity index (χ0) is 16.2. The van der Waals surface area contributed by atoms with Crippen molar-refractivity contribution in [2.75, 3.05) is 46.4 Å². The highest BCUT2D eigenvalue weighted by Gasteiger charge is 2.30. The molecule has 1 aromatic carbocycles. The first-order valence-electron chi connectivity index (χ1n) is 8.09. The van der Waals surface area contributed by atoms with Crippen LogP contribution in [0.15, 0.2) is 24.3 Å². The molecule has 1 aromatic rings. The zero-order valence-electron chi connectivity index (χ0n) is 13.5. The SMILES string of the molecule is CN(CC(=O)N1CCNCC1)C(=O)C1OCCc2ccccc21. The van der Waals surface area contributed by atoms with Crippen molar-refractivity contribution in [1.29, 1.82) is 0 Å². The molecule has 0 aliphatic carbocycles. The Morgan fingerprint density at radius 3 is 2.83 bits per heavy atom. The monoisotopic (exact) mass is 317 g/mol. The summed E-state index contributed by atoms with van der Waals surface area (Å²) in [5, 5.41) is 3.21. The highest BCUT2D eigenvalue weighted by molar-refractivity contribution is 5.88. The van der Waals surface area contributed by atoms with E-state index in [4.69, 9.17) is 4.74 Å². The molecule has 6 nitrogen and oxygen atoms in total. The Morgan fingerprint density at radius 2 is 2.04 bits per heavy atom. The van der Waals surface area contributed by atoms with Gasteiger partial charge in [0.1, 0.15) is 0 Å². The zero-order valence-corrected chi connectivity index (χ0v) is 13.5. The molecule has 23 heavy (non-hydrogen) atoms. The van der Waals surface area contributed by atoms with Crippen LogP contribution in [0, 0.1) is 0 Å². The van der Waals surface area contributed by atoms with Gasteiger partial charge >= 0.3 is 0 Å². The molecular formula is C17H23N3O3. The summed E-state index contributed by atoms with van der Waals surface area (Å²) in [7, 11) is 1.67. The first kappa shape index (κ1) is 16.0. The molecule has 6 heteroatoms. The second-order valence-corrected chi connectivity index (χ2v) is 6.02. The van der Waals surface area contributed by atoms with Gasteiger partial charge < -0.3 is 19.9 Å². The smallest absolute Gasteiger partial charge is 0.256 e. The lowest BCUT2D eigenvalue weighted by atomic mass is 9.97. The number of carbonyl (C=O) groups is 2. The van der Waals surface area contributed by atoms with Crippen molar-refractivity contribution in [2.45, 2.75) is 12.5 Å². The van der Waals surface area contributed by atoms with Crippen molar-refractivity contribution in [3.05, 3.63) is 35.4 Å². The average Bonchev–Trinajstić information content (AvgIpc) is 2.61. The molecule has 0 spiro atoms. The fourth-order valence-electron chi connectivity index (χ4n) is 3.09. The molecule has 0 radical (unpaired) electrons. The quantitative estimate of drug-likeness (QED) is 0.864. The number of fused-ring (bicyclic) bond motifs is 1. The molecule has 0 saturated carbocycles. The molecule has 1 saturated heterocycles. The molecule has 2 aliphatic heterocycles. The van der Waals surface area contributed by atoms with Gasteiger partial charge in [-0.15, -0.1) is 0 Å². The number of amides is 2. The summed E-state index contributed by atoms with van der Waals surface area (Å²) in [4.78, 5) is 28.3. The molecule has 0 bridgehead atoms. The number of nitrogens with zero attached hydrogens (tertiary/aromatic N) is 2. The molecule has 1 N–H and O–H groups in total. The van der Waals surface area contributed by atoms with Crippen LogP contribution < -0.4 is 5.32 Å². The first-order valence-corrected chi connectivity index (χ1v) is 8.09. The van der Waals surface area contributed by atoms with Crippen LogP contribution in [0.25, 0.3) is 0 Å². The molecule has 3 rings (SSSR count). The second kappa shape index (κ2) is 7.10. The lowest BCUT2D eigenvalue weighted by Gasteiger charge is -2.31. The van der Waals surface area contributed by atoms with Gasteiger partial charge in [-0.25, -0.2) is 0 Å². The van der Waals surface area contributed by atoms with E-state index in [0.29, 0.717) is 19.7 Å². The molecule has 1 fully saturated rings. The number of nitrogens with one attached hydrogen (secondary N) is 1. The van der Waals surface area contributed by atoms with Gasteiger partial charge in [-0.3, -0.25) is 9.59 Å². The Labute approximate surface area is 136 Å². The minimum atomic E-state index is -0.597. The second-order valence-electron chi connectivity index (χ2n) is 6.02. The molecular weight excluding hydrogens is 294 g/mol. The number of piperazine rings is 1. The van der Waals surface area contributed by atoms with Crippen LogP contribution >= 0.6 is 0 Å². The first-order chi connectivity index (χ1) is 11.2. The standard InChI is InChI=1S/C17H23N3O3/c1-19(12-15(21)20-9-7-18-8-10-20)17(22)16-14-5-3-2-4-13(14)6-11-23-16/h2-5,16,18H,6-12H2,1H3. The third-order valence-corrected chi connectivity index (χ3v) is 4.44. The summed E-state index contributed by atoms with van der Waals surface area (Å²) in [6.07, 6.45) is 0.226. The Kier molecular flexibility index (Phi) is 4.93. The van der Waals surface area contributed by atoms with Crippen molar-refractivity contribution in [1.82, 2.24) is 15.1 Å². The van der Waals surface area contributed by atoms with Gasteiger partial charge in [0.05, 0.1) is 13.2 Å². The van der Waals surface area contributed by atoms with E-state index in [1.807, 2.05) is 24.3 Å². The van der Waals surface area contributed by atoms with Gasteiger partial charge in [0.2, 0.25) is 5.91 Å². The van der Waals surface area contributed by atoms with Crippen LogP contribution in [-0.4, -0.2) is 68.0 Å². The summed E-state index contributed by atoms with van der Waals surface area (Å²) in [5.74, 6) is -0.160. The third kappa shape index (κ3) is 3.54. The molecule has 124 valence electrons. The largest absolute Gasteiger partial charge is 0.363 e. The minimum Gasteiger partial charge on any atom is -0.363 e. The summed E-state index contributed by atoms with van der Waals surface area (Å²) in [6, 6.07) is 7.86. The van der Waals surface area contributed by atoms with E-state index in [2.05, 4.69) is 5.32 Å². The maximum Gasteiger partial charge on any atom is 0.256 e. The third-order valence-electron chi connectivity index (χ3n) is 4.44. The van der Waals surface area contributed by atoms with Gasteiger partial charge in [0, 0.05) is 33.2 Å². The highest BCUT2D eigenvalue weighted by atomic mass is 16.5. The van der Waals surface area contributed by atoms with Crippen molar-refractivity contribution >= 4 is 11.8 Å². The van der Waals surface area contributed by atoms with Crippen molar-refractivity contribution in [2.24, 2.45) is 0 Å². The van der Waals surface area contributed by atoms with E-state index in [0.717, 1.165) is 30.6 Å². The maximum atomic E-state index is 12.7. The maximum absolute atomic E-state index is 12.7. The van der Waals surface area contributed by atoms with Crippen LogP contribution in [-0.2, 0) is 20.7 Å².